The van der Waals surface area contributed by atoms with Crippen molar-refractivity contribution in [3.63, 3.8) is 0 Å². The number of hydrogen-bond donors (Lipinski definition) is 0. The quantitative estimate of drug-likeness (QED) is 0.628. The highest BCUT2D eigenvalue weighted by Gasteiger charge is 2.26. The monoisotopic (exact) mass is 169 g/mol. The lowest BCUT2D eigenvalue weighted by Crippen LogP contribution is -2.30. The first-order chi connectivity index (χ1) is 5.61. The average molecular weight is 169 g/mol. The molecule has 0 radical (unpaired) electrons. The molecular weight excluding hydrogens is 146 g/mol. The molecule has 1 fully saturated rings. The van der Waals surface area contributed by atoms with E-state index in [1.54, 1.807) is 0 Å². The van der Waals surface area contributed by atoms with Crippen LogP contribution in [0.15, 0.2) is 0 Å². The lowest BCUT2D eigenvalue weighted by Gasteiger charge is -2.23. The van der Waals surface area contributed by atoms with Gasteiger partial charge in [0.05, 0.1) is 0 Å². The second-order valence-electron chi connectivity index (χ2n) is 4.72. The van der Waals surface area contributed by atoms with Gasteiger partial charge in [-0.15, -0.1) is 0 Å². The molecule has 1 aliphatic heterocycles. The third-order valence-corrected chi connectivity index (χ3v) is 3.27. The van der Waals surface area contributed by atoms with Crippen molar-refractivity contribution < 1.29 is 0 Å². The Labute approximate surface area is 77.1 Å². The van der Waals surface area contributed by atoms with Crippen molar-refractivity contribution in [1.82, 2.24) is 4.90 Å². The van der Waals surface area contributed by atoms with E-state index in [1.807, 2.05) is 0 Å². The van der Waals surface area contributed by atoms with Gasteiger partial charge in [0.2, 0.25) is 0 Å². The van der Waals surface area contributed by atoms with Crippen LogP contribution < -0.4 is 0 Å². The zero-order valence-electron chi connectivity index (χ0n) is 9.01. The highest BCUT2D eigenvalue weighted by Crippen LogP contribution is 2.25. The average Bonchev–Trinajstić information content (AvgIpc) is 2.30. The molecule has 0 amide bonds. The largest absolute Gasteiger partial charge is 0.301 e. The molecule has 2 atom stereocenters. The maximum atomic E-state index is 2.56. The molecule has 1 nitrogen and oxygen atoms in total. The van der Waals surface area contributed by atoms with Crippen LogP contribution in [0.2, 0.25) is 0 Å². The van der Waals surface area contributed by atoms with Gasteiger partial charge in [0.1, 0.15) is 0 Å². The first-order valence-electron chi connectivity index (χ1n) is 5.33. The van der Waals surface area contributed by atoms with E-state index in [9.17, 15) is 0 Å². The third-order valence-electron chi connectivity index (χ3n) is 3.27. The van der Waals surface area contributed by atoms with Gasteiger partial charge < -0.3 is 4.90 Å². The van der Waals surface area contributed by atoms with E-state index in [-0.39, 0.29) is 0 Å². The van der Waals surface area contributed by atoms with Crippen molar-refractivity contribution in [1.29, 1.82) is 0 Å². The summed E-state index contributed by atoms with van der Waals surface area (Å²) in [7, 11) is 2.28. The molecule has 1 aliphatic rings. The molecule has 0 saturated carbocycles. The fraction of sp³-hybridized carbons (Fsp3) is 1.00. The summed E-state index contributed by atoms with van der Waals surface area (Å²) < 4.78 is 0. The predicted octanol–water partition coefficient (Wildman–Crippen LogP) is 2.91. The summed E-state index contributed by atoms with van der Waals surface area (Å²) in [4.78, 5) is 2.56. The van der Waals surface area contributed by atoms with Crippen LogP contribution in [0.1, 0.15) is 46.5 Å². The van der Waals surface area contributed by atoms with E-state index < -0.39 is 0 Å². The summed E-state index contributed by atoms with van der Waals surface area (Å²) in [5.74, 6) is 0.870. The molecule has 2 unspecified atom stereocenters. The number of rotatable bonds is 3. The van der Waals surface area contributed by atoms with Crippen molar-refractivity contribution in [3.05, 3.63) is 0 Å². The van der Waals surface area contributed by atoms with Gasteiger partial charge in [-0.25, -0.2) is 0 Å². The van der Waals surface area contributed by atoms with Crippen molar-refractivity contribution >= 4 is 0 Å². The topological polar surface area (TPSA) is 3.24 Å². The van der Waals surface area contributed by atoms with Crippen LogP contribution in [0.25, 0.3) is 0 Å². The molecule has 1 rings (SSSR count). The highest BCUT2D eigenvalue weighted by atomic mass is 15.2. The van der Waals surface area contributed by atoms with Crippen LogP contribution in [0.4, 0.5) is 0 Å². The van der Waals surface area contributed by atoms with Gasteiger partial charge in [-0.2, -0.15) is 0 Å². The molecule has 0 aliphatic carbocycles. The molecule has 0 aromatic rings. The lowest BCUT2D eigenvalue weighted by molar-refractivity contribution is 0.234. The SMILES string of the molecule is CC(C)CCC1CCC(C)N1C. The van der Waals surface area contributed by atoms with Gasteiger partial charge in [-0.1, -0.05) is 13.8 Å². The Balaban J connectivity index is 2.24. The normalized spacial score (nSPS) is 31.8. The molecule has 1 saturated heterocycles. The van der Waals surface area contributed by atoms with E-state index in [0.29, 0.717) is 0 Å². The first kappa shape index (κ1) is 10.0. The van der Waals surface area contributed by atoms with Crippen LogP contribution in [0.5, 0.6) is 0 Å². The van der Waals surface area contributed by atoms with Gasteiger partial charge in [0.25, 0.3) is 0 Å². The van der Waals surface area contributed by atoms with Gasteiger partial charge in [0, 0.05) is 12.1 Å². The van der Waals surface area contributed by atoms with Crippen molar-refractivity contribution in [3.8, 4) is 0 Å². The minimum Gasteiger partial charge on any atom is -0.301 e. The second kappa shape index (κ2) is 4.27. The second-order valence-corrected chi connectivity index (χ2v) is 4.72. The number of hydrogen-bond acceptors (Lipinski definition) is 1. The highest BCUT2D eigenvalue weighted by molar-refractivity contribution is 4.82. The molecule has 1 heterocycles. The Kier molecular flexibility index (Phi) is 3.57. The zero-order valence-corrected chi connectivity index (χ0v) is 9.01. The van der Waals surface area contributed by atoms with Gasteiger partial charge in [-0.3, -0.25) is 0 Å². The molecule has 0 bridgehead atoms. The maximum Gasteiger partial charge on any atom is 0.00957 e. The molecule has 0 spiro atoms. The zero-order chi connectivity index (χ0) is 9.14. The summed E-state index contributed by atoms with van der Waals surface area (Å²) in [5.41, 5.74) is 0. The van der Waals surface area contributed by atoms with Crippen molar-refractivity contribution in [2.45, 2.75) is 58.5 Å². The molecule has 0 aromatic carbocycles. The standard InChI is InChI=1S/C11H23N/c1-9(2)5-7-11-8-6-10(3)12(11)4/h9-11H,5-8H2,1-4H3. The van der Waals surface area contributed by atoms with E-state index in [0.717, 1.165) is 18.0 Å². The van der Waals surface area contributed by atoms with Gasteiger partial charge >= 0.3 is 0 Å². The van der Waals surface area contributed by atoms with Crippen LogP contribution in [0.3, 0.4) is 0 Å². The minimum atomic E-state index is 0.821. The summed E-state index contributed by atoms with van der Waals surface area (Å²) in [6.07, 6.45) is 5.61. The Morgan fingerprint density at radius 3 is 2.42 bits per heavy atom. The molecule has 12 heavy (non-hydrogen) atoms. The van der Waals surface area contributed by atoms with Gasteiger partial charge in [-0.05, 0) is 45.6 Å². The van der Waals surface area contributed by atoms with Crippen LogP contribution in [0, 0.1) is 5.92 Å². The van der Waals surface area contributed by atoms with E-state index in [2.05, 4.69) is 32.7 Å². The smallest absolute Gasteiger partial charge is 0.00957 e. The predicted molar refractivity (Wildman–Crippen MR) is 54.3 cm³/mol. The summed E-state index contributed by atoms with van der Waals surface area (Å²) in [6, 6.07) is 1.70. The van der Waals surface area contributed by atoms with Crippen LogP contribution in [-0.4, -0.2) is 24.0 Å². The lowest BCUT2D eigenvalue weighted by atomic mass is 10.0. The molecule has 72 valence electrons. The van der Waals surface area contributed by atoms with Crippen LogP contribution in [-0.2, 0) is 0 Å². The van der Waals surface area contributed by atoms with Crippen molar-refractivity contribution in [2.75, 3.05) is 7.05 Å². The molecular formula is C11H23N. The Bertz CT molecular complexity index is 131. The Morgan fingerprint density at radius 2 is 2.00 bits per heavy atom. The summed E-state index contributed by atoms with van der Waals surface area (Å²) in [5, 5.41) is 0. The van der Waals surface area contributed by atoms with Crippen LogP contribution >= 0.6 is 0 Å². The Hall–Kier alpha value is -0.0400. The molecule has 1 heteroatoms. The summed E-state index contributed by atoms with van der Waals surface area (Å²) in [6.45, 7) is 6.98. The number of likely N-dealkylation sites (tertiary alicyclic amines) is 1. The fourth-order valence-corrected chi connectivity index (χ4v) is 2.07. The Morgan fingerprint density at radius 1 is 1.33 bits per heavy atom. The molecule has 0 aromatic heterocycles. The molecule has 0 N–H and O–H groups in total. The fourth-order valence-electron chi connectivity index (χ4n) is 2.07. The first-order valence-corrected chi connectivity index (χ1v) is 5.33. The van der Waals surface area contributed by atoms with Gasteiger partial charge in [0.15, 0.2) is 0 Å². The van der Waals surface area contributed by atoms with E-state index in [4.69, 9.17) is 0 Å². The third kappa shape index (κ3) is 2.48. The minimum absolute atomic E-state index is 0.821. The summed E-state index contributed by atoms with van der Waals surface area (Å²) >= 11 is 0. The van der Waals surface area contributed by atoms with Crippen molar-refractivity contribution in [2.24, 2.45) is 5.92 Å². The van der Waals surface area contributed by atoms with E-state index >= 15 is 0 Å². The van der Waals surface area contributed by atoms with E-state index in [1.165, 1.54) is 25.7 Å². The number of nitrogens with zero attached hydrogens (tertiary/aromatic N) is 1. The maximum absolute atomic E-state index is 2.56.